The predicted octanol–water partition coefficient (Wildman–Crippen LogP) is 7.98. The summed E-state index contributed by atoms with van der Waals surface area (Å²) in [7, 11) is 0. The zero-order valence-electron chi connectivity index (χ0n) is 19.3. The summed E-state index contributed by atoms with van der Waals surface area (Å²) in [6.45, 7) is 23.6. The van der Waals surface area contributed by atoms with E-state index in [1.165, 1.54) is 38.5 Å². The van der Waals surface area contributed by atoms with Crippen LogP contribution in [0.1, 0.15) is 108 Å². The zero-order chi connectivity index (χ0) is 19.6. The minimum Gasteiger partial charge on any atom is -0.374 e. The Bertz CT molecular complexity index is 279. The molecule has 0 aromatic rings. The third-order valence-corrected chi connectivity index (χ3v) is 6.66. The van der Waals surface area contributed by atoms with Gasteiger partial charge < -0.3 is 4.74 Å². The van der Waals surface area contributed by atoms with Gasteiger partial charge >= 0.3 is 0 Å². The van der Waals surface area contributed by atoms with E-state index in [1.54, 1.807) is 0 Å². The Kier molecular flexibility index (Phi) is 13.2. The Hall–Kier alpha value is -0.0400. The summed E-state index contributed by atoms with van der Waals surface area (Å²) >= 11 is 0. The number of hydrogen-bond donors (Lipinski definition) is 0. The van der Waals surface area contributed by atoms with Crippen LogP contribution in [0.15, 0.2) is 0 Å². The highest BCUT2D eigenvalue weighted by molar-refractivity contribution is 4.78. The minimum atomic E-state index is 0.418. The van der Waals surface area contributed by atoms with Crippen molar-refractivity contribution in [2.45, 2.75) is 120 Å². The second kappa shape index (κ2) is 13.2. The SMILES string of the molecule is CCC(C)C(C)C(CCC(C)C)OC(CCC(C)C)C(C)C(C)CC. The van der Waals surface area contributed by atoms with E-state index in [0.29, 0.717) is 24.0 Å². The zero-order valence-corrected chi connectivity index (χ0v) is 19.3. The fourth-order valence-corrected chi connectivity index (χ4v) is 3.61. The molecule has 1 nitrogen and oxygen atoms in total. The third-order valence-electron chi connectivity index (χ3n) is 6.66. The minimum absolute atomic E-state index is 0.418. The van der Waals surface area contributed by atoms with Crippen LogP contribution < -0.4 is 0 Å². The van der Waals surface area contributed by atoms with Crippen molar-refractivity contribution >= 4 is 0 Å². The fourth-order valence-electron chi connectivity index (χ4n) is 3.61. The third kappa shape index (κ3) is 10.0. The van der Waals surface area contributed by atoms with Gasteiger partial charge in [-0.25, -0.2) is 0 Å². The van der Waals surface area contributed by atoms with Crippen molar-refractivity contribution in [1.29, 1.82) is 0 Å². The molecule has 1 heteroatoms. The molecule has 0 saturated heterocycles. The molecule has 0 heterocycles. The first kappa shape index (κ1) is 25.0. The predicted molar refractivity (Wildman–Crippen MR) is 114 cm³/mol. The first-order valence-electron chi connectivity index (χ1n) is 11.3. The van der Waals surface area contributed by atoms with E-state index < -0.39 is 0 Å². The molecule has 0 aliphatic rings. The van der Waals surface area contributed by atoms with Crippen LogP contribution in [-0.2, 0) is 4.74 Å². The van der Waals surface area contributed by atoms with Gasteiger partial charge in [-0.05, 0) is 61.2 Å². The standard InChI is InChI=1S/C24H50O/c1-11-19(7)21(9)23(15-13-17(3)4)25-24(16-14-18(5)6)22(10)20(8)12-2/h17-24H,11-16H2,1-10H3. The van der Waals surface area contributed by atoms with Crippen molar-refractivity contribution < 1.29 is 4.74 Å². The molecule has 152 valence electrons. The molecule has 0 spiro atoms. The summed E-state index contributed by atoms with van der Waals surface area (Å²) < 4.78 is 6.92. The lowest BCUT2D eigenvalue weighted by molar-refractivity contribution is -0.0905. The van der Waals surface area contributed by atoms with Gasteiger partial charge in [0.25, 0.3) is 0 Å². The van der Waals surface area contributed by atoms with E-state index in [1.807, 2.05) is 0 Å². The number of rotatable bonds is 14. The van der Waals surface area contributed by atoms with E-state index in [0.717, 1.165) is 23.7 Å². The lowest BCUT2D eigenvalue weighted by Crippen LogP contribution is -2.36. The maximum atomic E-state index is 6.92. The van der Waals surface area contributed by atoms with Crippen LogP contribution >= 0.6 is 0 Å². The molecule has 0 rings (SSSR count). The van der Waals surface area contributed by atoms with Crippen LogP contribution in [-0.4, -0.2) is 12.2 Å². The van der Waals surface area contributed by atoms with Crippen molar-refractivity contribution in [1.82, 2.24) is 0 Å². The second-order valence-corrected chi connectivity index (χ2v) is 9.64. The maximum absolute atomic E-state index is 6.92. The molecule has 0 bridgehead atoms. The highest BCUT2D eigenvalue weighted by Crippen LogP contribution is 2.31. The molecular formula is C24H50O. The second-order valence-electron chi connectivity index (χ2n) is 9.64. The first-order valence-corrected chi connectivity index (χ1v) is 11.3. The Morgan fingerprint density at radius 2 is 0.840 bits per heavy atom. The summed E-state index contributed by atoms with van der Waals surface area (Å²) in [5.74, 6) is 4.29. The van der Waals surface area contributed by atoms with E-state index in [9.17, 15) is 0 Å². The van der Waals surface area contributed by atoms with Crippen molar-refractivity contribution in [2.75, 3.05) is 0 Å². The highest BCUT2D eigenvalue weighted by atomic mass is 16.5. The van der Waals surface area contributed by atoms with E-state index in [-0.39, 0.29) is 0 Å². The molecule has 0 aliphatic carbocycles. The summed E-state index contributed by atoms with van der Waals surface area (Å²) in [5.41, 5.74) is 0. The summed E-state index contributed by atoms with van der Waals surface area (Å²) in [5, 5.41) is 0. The van der Waals surface area contributed by atoms with Crippen LogP contribution in [0.5, 0.6) is 0 Å². The average Bonchev–Trinajstić information content (AvgIpc) is 2.57. The Balaban J connectivity index is 5.17. The first-order chi connectivity index (χ1) is 11.6. The number of hydrogen-bond acceptors (Lipinski definition) is 1. The molecule has 0 aliphatic heterocycles. The van der Waals surface area contributed by atoms with Gasteiger partial charge in [-0.3, -0.25) is 0 Å². The normalized spacial score (nSPS) is 19.7. The highest BCUT2D eigenvalue weighted by Gasteiger charge is 2.29. The summed E-state index contributed by atoms with van der Waals surface area (Å²) in [4.78, 5) is 0. The topological polar surface area (TPSA) is 9.23 Å². The fraction of sp³-hybridized carbons (Fsp3) is 1.00. The number of ether oxygens (including phenoxy) is 1. The van der Waals surface area contributed by atoms with Crippen LogP contribution in [0.2, 0.25) is 0 Å². The molecule has 0 N–H and O–H groups in total. The molecule has 0 fully saturated rings. The molecule has 6 atom stereocenters. The van der Waals surface area contributed by atoms with E-state index >= 15 is 0 Å². The molecule has 25 heavy (non-hydrogen) atoms. The van der Waals surface area contributed by atoms with Gasteiger partial charge in [0, 0.05) is 0 Å². The Labute approximate surface area is 160 Å². The molecule has 0 amide bonds. The van der Waals surface area contributed by atoms with Crippen molar-refractivity contribution in [3.8, 4) is 0 Å². The Morgan fingerprint density at radius 3 is 1.08 bits per heavy atom. The van der Waals surface area contributed by atoms with Gasteiger partial charge in [0.1, 0.15) is 0 Å². The van der Waals surface area contributed by atoms with Gasteiger partial charge in [0.05, 0.1) is 12.2 Å². The molecule has 0 aromatic carbocycles. The maximum Gasteiger partial charge on any atom is 0.0607 e. The van der Waals surface area contributed by atoms with Gasteiger partial charge in [-0.2, -0.15) is 0 Å². The largest absolute Gasteiger partial charge is 0.374 e. The molecule has 6 unspecified atom stereocenters. The van der Waals surface area contributed by atoms with E-state index in [2.05, 4.69) is 69.2 Å². The van der Waals surface area contributed by atoms with Gasteiger partial charge in [0.15, 0.2) is 0 Å². The monoisotopic (exact) mass is 354 g/mol. The molecule has 0 saturated carbocycles. The Morgan fingerprint density at radius 1 is 0.520 bits per heavy atom. The van der Waals surface area contributed by atoms with Crippen LogP contribution in [0.25, 0.3) is 0 Å². The lowest BCUT2D eigenvalue weighted by atomic mass is 9.83. The molecular weight excluding hydrogens is 304 g/mol. The van der Waals surface area contributed by atoms with Gasteiger partial charge in [-0.1, -0.05) is 82.1 Å². The summed E-state index contributed by atoms with van der Waals surface area (Å²) in [6, 6.07) is 0. The van der Waals surface area contributed by atoms with E-state index in [4.69, 9.17) is 4.74 Å². The summed E-state index contributed by atoms with van der Waals surface area (Å²) in [6.07, 6.45) is 8.33. The lowest BCUT2D eigenvalue weighted by Gasteiger charge is -2.37. The van der Waals surface area contributed by atoms with Crippen LogP contribution in [0, 0.1) is 35.5 Å². The van der Waals surface area contributed by atoms with Gasteiger partial charge in [-0.15, -0.1) is 0 Å². The van der Waals surface area contributed by atoms with Crippen molar-refractivity contribution in [3.05, 3.63) is 0 Å². The van der Waals surface area contributed by atoms with Gasteiger partial charge in [0.2, 0.25) is 0 Å². The van der Waals surface area contributed by atoms with Crippen molar-refractivity contribution in [3.63, 3.8) is 0 Å². The van der Waals surface area contributed by atoms with Crippen molar-refractivity contribution in [2.24, 2.45) is 35.5 Å². The molecule has 0 radical (unpaired) electrons. The van der Waals surface area contributed by atoms with Crippen LogP contribution in [0.3, 0.4) is 0 Å². The quantitative estimate of drug-likeness (QED) is 0.307. The van der Waals surface area contributed by atoms with Crippen LogP contribution in [0.4, 0.5) is 0 Å². The molecule has 0 aromatic heterocycles. The smallest absolute Gasteiger partial charge is 0.0607 e. The average molecular weight is 355 g/mol.